The highest BCUT2D eigenvalue weighted by Gasteiger charge is 2.37. The summed E-state index contributed by atoms with van der Waals surface area (Å²) in [5, 5.41) is 21.4. The summed E-state index contributed by atoms with van der Waals surface area (Å²) in [5.74, 6) is -0.432. The summed E-state index contributed by atoms with van der Waals surface area (Å²) >= 11 is 6.02. The van der Waals surface area contributed by atoms with Crippen molar-refractivity contribution in [3.05, 3.63) is 59.1 Å². The molecule has 0 aliphatic carbocycles. The van der Waals surface area contributed by atoms with Crippen LogP contribution in [0.5, 0.6) is 5.75 Å². The molecule has 35 heavy (non-hydrogen) atoms. The zero-order valence-electron chi connectivity index (χ0n) is 18.1. The molecule has 1 unspecified atom stereocenters. The number of aliphatic imine (C=N–C) groups is 1. The van der Waals surface area contributed by atoms with Crippen LogP contribution in [0, 0.1) is 11.5 Å². The van der Waals surface area contributed by atoms with Crippen LogP contribution >= 0.6 is 11.6 Å². The van der Waals surface area contributed by atoms with Crippen molar-refractivity contribution < 1.29 is 22.7 Å². The van der Waals surface area contributed by atoms with Gasteiger partial charge < -0.3 is 15.0 Å². The Morgan fingerprint density at radius 1 is 1.23 bits per heavy atom. The average molecular weight is 506 g/mol. The smallest absolute Gasteiger partial charge is 0.406 e. The van der Waals surface area contributed by atoms with Crippen molar-refractivity contribution in [1.29, 1.82) is 5.26 Å². The fourth-order valence-electron chi connectivity index (χ4n) is 3.73. The topological polar surface area (TPSA) is 105 Å². The Morgan fingerprint density at radius 3 is 2.57 bits per heavy atom. The molecule has 4 rings (SSSR count). The fourth-order valence-corrected chi connectivity index (χ4v) is 3.86. The number of carbonyl (C=O) groups is 1. The van der Waals surface area contributed by atoms with E-state index in [4.69, 9.17) is 11.6 Å². The highest BCUT2D eigenvalue weighted by Crippen LogP contribution is 2.26. The lowest BCUT2D eigenvalue weighted by Gasteiger charge is -2.33. The number of piperazine rings is 1. The van der Waals surface area contributed by atoms with Crippen molar-refractivity contribution in [3.63, 3.8) is 0 Å². The van der Waals surface area contributed by atoms with Gasteiger partial charge in [-0.2, -0.15) is 10.4 Å². The van der Waals surface area contributed by atoms with Crippen molar-refractivity contribution in [2.45, 2.75) is 12.4 Å². The van der Waals surface area contributed by atoms with E-state index in [0.29, 0.717) is 23.8 Å². The molecule has 0 bridgehead atoms. The molecule has 2 N–H and O–H groups in total. The maximum Gasteiger partial charge on any atom is 0.573 e. The fraction of sp³-hybridized carbons (Fsp3) is 0.273. The molecule has 182 valence electrons. The van der Waals surface area contributed by atoms with Crippen molar-refractivity contribution in [2.75, 3.05) is 26.2 Å². The number of hydrogen-bond donors (Lipinski definition) is 2. The molecule has 0 spiro atoms. The molecule has 1 amide bonds. The van der Waals surface area contributed by atoms with Crippen LogP contribution in [0.15, 0.2) is 58.6 Å². The second-order valence-electron chi connectivity index (χ2n) is 7.57. The lowest BCUT2D eigenvalue weighted by Crippen LogP contribution is -2.56. The third-order valence-electron chi connectivity index (χ3n) is 5.25. The Balaban J connectivity index is 1.65. The molecule has 2 aromatic carbocycles. The molecule has 13 heteroatoms. The van der Waals surface area contributed by atoms with Crippen LogP contribution in [0.2, 0.25) is 5.02 Å². The van der Waals surface area contributed by atoms with Crippen LogP contribution < -0.4 is 15.4 Å². The van der Waals surface area contributed by atoms with Gasteiger partial charge in [0.1, 0.15) is 5.75 Å². The molecule has 1 atom stereocenters. The van der Waals surface area contributed by atoms with E-state index >= 15 is 0 Å². The molecule has 0 radical (unpaired) electrons. The Morgan fingerprint density at radius 2 is 1.94 bits per heavy atom. The summed E-state index contributed by atoms with van der Waals surface area (Å²) in [5.41, 5.74) is 1.61. The van der Waals surface area contributed by atoms with Crippen molar-refractivity contribution >= 4 is 34.9 Å². The largest absolute Gasteiger partial charge is 0.573 e. The summed E-state index contributed by atoms with van der Waals surface area (Å²) in [7, 11) is 0. The van der Waals surface area contributed by atoms with Gasteiger partial charge in [0.25, 0.3) is 0 Å². The maximum absolute atomic E-state index is 12.6. The number of guanidine groups is 1. The molecule has 2 aliphatic rings. The number of nitrogens with one attached hydrogen (secondary N) is 2. The number of hydrogen-bond acceptors (Lipinski definition) is 6. The van der Waals surface area contributed by atoms with Crippen LogP contribution in [0.3, 0.4) is 0 Å². The first kappa shape index (κ1) is 24.3. The molecule has 1 saturated heterocycles. The van der Waals surface area contributed by atoms with Gasteiger partial charge in [-0.3, -0.25) is 10.1 Å². The first-order valence-corrected chi connectivity index (χ1v) is 10.8. The number of rotatable bonds is 4. The van der Waals surface area contributed by atoms with E-state index in [1.54, 1.807) is 35.4 Å². The van der Waals surface area contributed by atoms with E-state index in [1.165, 1.54) is 17.1 Å². The predicted molar refractivity (Wildman–Crippen MR) is 122 cm³/mol. The Labute approximate surface area is 203 Å². The van der Waals surface area contributed by atoms with Crippen molar-refractivity contribution in [1.82, 2.24) is 20.5 Å². The Kier molecular flexibility index (Phi) is 7.09. The average Bonchev–Trinajstić information content (AvgIpc) is 3.25. The minimum Gasteiger partial charge on any atom is -0.406 e. The maximum atomic E-state index is 12.6. The summed E-state index contributed by atoms with van der Waals surface area (Å²) in [6.07, 6.45) is -3.01. The first-order chi connectivity index (χ1) is 16.7. The molecule has 2 aliphatic heterocycles. The number of carbonyl (C=O) groups excluding carboxylic acids is 1. The third-order valence-corrected chi connectivity index (χ3v) is 5.50. The number of benzene rings is 2. The van der Waals surface area contributed by atoms with Gasteiger partial charge >= 0.3 is 6.36 Å². The van der Waals surface area contributed by atoms with Gasteiger partial charge in [0, 0.05) is 23.7 Å². The van der Waals surface area contributed by atoms with Gasteiger partial charge in [0.05, 0.1) is 30.5 Å². The van der Waals surface area contributed by atoms with Gasteiger partial charge in [-0.15, -0.1) is 13.2 Å². The lowest BCUT2D eigenvalue weighted by molar-refractivity contribution is -0.274. The number of amides is 1. The molecular formula is C22H19ClF3N7O2. The molecule has 0 saturated carbocycles. The highest BCUT2D eigenvalue weighted by molar-refractivity contribution is 6.30. The Bertz CT molecular complexity index is 1180. The first-order valence-electron chi connectivity index (χ1n) is 10.5. The van der Waals surface area contributed by atoms with Gasteiger partial charge in [-0.25, -0.2) is 10.0 Å². The van der Waals surface area contributed by atoms with Crippen molar-refractivity contribution in [2.24, 2.45) is 10.1 Å². The van der Waals surface area contributed by atoms with E-state index < -0.39 is 18.2 Å². The lowest BCUT2D eigenvalue weighted by atomic mass is 10.0. The normalized spacial score (nSPS) is 18.8. The quantitative estimate of drug-likeness (QED) is 0.286. The summed E-state index contributed by atoms with van der Waals surface area (Å²) in [6, 6.07) is 11.5. The minimum atomic E-state index is -4.81. The van der Waals surface area contributed by atoms with Crippen LogP contribution in [-0.4, -0.2) is 66.1 Å². The highest BCUT2D eigenvalue weighted by atomic mass is 35.5. The summed E-state index contributed by atoms with van der Waals surface area (Å²) < 4.78 is 41.1. The van der Waals surface area contributed by atoms with E-state index in [2.05, 4.69) is 25.5 Å². The second kappa shape index (κ2) is 10.2. The van der Waals surface area contributed by atoms with E-state index in [-0.39, 0.29) is 30.6 Å². The monoisotopic (exact) mass is 505 g/mol. The second-order valence-corrected chi connectivity index (χ2v) is 8.00. The van der Waals surface area contributed by atoms with Crippen LogP contribution in [0.25, 0.3) is 0 Å². The van der Waals surface area contributed by atoms with Gasteiger partial charge in [-0.05, 0) is 36.4 Å². The predicted octanol–water partition coefficient (Wildman–Crippen LogP) is 2.82. The van der Waals surface area contributed by atoms with E-state index in [1.807, 2.05) is 0 Å². The number of nitrogens with zero attached hydrogens (tertiary/aromatic N) is 5. The van der Waals surface area contributed by atoms with Crippen molar-refractivity contribution in [3.8, 4) is 11.9 Å². The number of halogens is 4. The third kappa shape index (κ3) is 6.00. The minimum absolute atomic E-state index is 0.0496. The molecule has 2 heterocycles. The zero-order valence-corrected chi connectivity index (χ0v) is 18.8. The number of alkyl halides is 3. The molecule has 0 aromatic heterocycles. The molecular weight excluding hydrogens is 487 g/mol. The standard InChI is InChI=1S/C22H19ClF3N7O2/c23-15-3-1-14(2-4-15)20-18(32-10-9-28-11-19(32)34)12-33(31-20)21(29-13-27)30-16-5-7-17(8-6-16)35-22(24,25)26/h1-8,18,28H,9-12H2,(H,29,30). The molecule has 9 nitrogen and oxygen atoms in total. The summed E-state index contributed by atoms with van der Waals surface area (Å²) in [6.45, 7) is 1.52. The molecule has 2 aromatic rings. The van der Waals surface area contributed by atoms with Gasteiger partial charge in [0.2, 0.25) is 11.9 Å². The number of hydrazone groups is 1. The number of nitriles is 1. The zero-order chi connectivity index (χ0) is 25.0. The van der Waals surface area contributed by atoms with Gasteiger partial charge in [-0.1, -0.05) is 23.7 Å². The van der Waals surface area contributed by atoms with E-state index in [9.17, 15) is 23.2 Å². The Hall–Kier alpha value is -3.82. The molecule has 1 fully saturated rings. The van der Waals surface area contributed by atoms with Crippen LogP contribution in [-0.2, 0) is 4.79 Å². The van der Waals surface area contributed by atoms with Crippen LogP contribution in [0.1, 0.15) is 5.56 Å². The number of ether oxygens (including phenoxy) is 1. The van der Waals surface area contributed by atoms with Crippen LogP contribution in [0.4, 0.5) is 18.9 Å². The van der Waals surface area contributed by atoms with E-state index in [0.717, 1.165) is 17.7 Å². The SMILES string of the molecule is N#CNC(=Nc1ccc(OC(F)(F)F)cc1)N1CC(N2CCNCC2=O)C(c2ccc(Cl)cc2)=N1. The summed E-state index contributed by atoms with van der Waals surface area (Å²) in [4.78, 5) is 18.7. The van der Waals surface area contributed by atoms with Gasteiger partial charge in [0.15, 0.2) is 6.19 Å².